The minimum Gasteiger partial charge on any atom is -0.381 e. The lowest BCUT2D eigenvalue weighted by molar-refractivity contribution is -0.132. The maximum Gasteiger partial charge on any atom is 0.232 e. The molecule has 6 nitrogen and oxygen atoms in total. The lowest BCUT2D eigenvalue weighted by atomic mass is 9.85. The smallest absolute Gasteiger partial charge is 0.232 e. The van der Waals surface area contributed by atoms with Gasteiger partial charge in [-0.05, 0) is 55.0 Å². The monoisotopic (exact) mass is 470 g/mol. The van der Waals surface area contributed by atoms with Crippen molar-refractivity contribution < 1.29 is 9.53 Å². The summed E-state index contributed by atoms with van der Waals surface area (Å²) in [6.45, 7) is 3.13. The molecule has 0 saturated carbocycles. The van der Waals surface area contributed by atoms with Gasteiger partial charge < -0.3 is 10.5 Å². The molecule has 8 heteroatoms. The molecule has 0 aliphatic carbocycles. The van der Waals surface area contributed by atoms with Gasteiger partial charge in [0.2, 0.25) is 5.91 Å². The zero-order valence-electron chi connectivity index (χ0n) is 17.8. The molecule has 32 heavy (non-hydrogen) atoms. The molecule has 2 N–H and O–H groups in total. The van der Waals surface area contributed by atoms with E-state index in [1.807, 2.05) is 31.2 Å². The number of carbonyl (C=O) groups excluding carboxylic acids is 1. The summed E-state index contributed by atoms with van der Waals surface area (Å²) in [5.74, 6) is 0.184. The first-order valence-electron chi connectivity index (χ1n) is 10.5. The average Bonchev–Trinajstić information content (AvgIpc) is 2.75. The summed E-state index contributed by atoms with van der Waals surface area (Å²) >= 11 is 13.0. The average molecular weight is 471 g/mol. The molecule has 2 aliphatic heterocycles. The van der Waals surface area contributed by atoms with E-state index < -0.39 is 5.54 Å². The van der Waals surface area contributed by atoms with Crippen molar-refractivity contribution in [2.75, 3.05) is 13.2 Å². The van der Waals surface area contributed by atoms with E-state index >= 15 is 0 Å². The summed E-state index contributed by atoms with van der Waals surface area (Å²) in [6.07, 6.45) is 2.23. The third-order valence-electron chi connectivity index (χ3n) is 6.14. The second-order valence-corrected chi connectivity index (χ2v) is 9.19. The molecule has 166 valence electrons. The van der Waals surface area contributed by atoms with Gasteiger partial charge in [0.25, 0.3) is 0 Å². The summed E-state index contributed by atoms with van der Waals surface area (Å²) in [7, 11) is 0. The first-order chi connectivity index (χ1) is 15.3. The van der Waals surface area contributed by atoms with E-state index in [-0.39, 0.29) is 24.3 Å². The first-order valence-corrected chi connectivity index (χ1v) is 11.3. The normalized spacial score (nSPS) is 21.9. The Morgan fingerprint density at radius 2 is 2.03 bits per heavy atom. The van der Waals surface area contributed by atoms with Gasteiger partial charge in [-0.2, -0.15) is 5.26 Å². The molecule has 1 fully saturated rings. The van der Waals surface area contributed by atoms with E-state index in [0.29, 0.717) is 35.2 Å². The standard InChI is InChI=1S/C24H24Cl2N4O2/c1-24(13-21(31)30(23(28)29-24)18-7-9-32-10-8-18)19-4-2-3-16(22(19)26)11-15-5-6-17(14-27)20(25)12-15/h2-6,12,18H,7-11,13H2,1H3,(H2,28,29)/t24-/m0/s1. The third-order valence-corrected chi connectivity index (χ3v) is 6.89. The molecule has 0 spiro atoms. The van der Waals surface area contributed by atoms with Crippen LogP contribution in [0.3, 0.4) is 0 Å². The molecular formula is C24H24Cl2N4O2. The van der Waals surface area contributed by atoms with E-state index in [1.165, 1.54) is 0 Å². The van der Waals surface area contributed by atoms with Crippen molar-refractivity contribution in [3.05, 3.63) is 68.7 Å². The largest absolute Gasteiger partial charge is 0.381 e. The Morgan fingerprint density at radius 1 is 1.28 bits per heavy atom. The lowest BCUT2D eigenvalue weighted by Crippen LogP contribution is -2.55. The van der Waals surface area contributed by atoms with Crippen LogP contribution in [0.15, 0.2) is 41.4 Å². The number of nitrogens with zero attached hydrogens (tertiary/aromatic N) is 3. The Morgan fingerprint density at radius 3 is 2.69 bits per heavy atom. The molecule has 2 aliphatic rings. The predicted molar refractivity (Wildman–Crippen MR) is 125 cm³/mol. The Hall–Kier alpha value is -2.59. The van der Waals surface area contributed by atoms with Crippen molar-refractivity contribution in [1.82, 2.24) is 4.90 Å². The fourth-order valence-electron chi connectivity index (χ4n) is 4.45. The molecule has 1 saturated heterocycles. The highest BCUT2D eigenvalue weighted by Gasteiger charge is 2.41. The molecule has 0 radical (unpaired) electrons. The van der Waals surface area contributed by atoms with Gasteiger partial charge in [-0.15, -0.1) is 0 Å². The second-order valence-electron chi connectivity index (χ2n) is 8.41. The highest BCUT2D eigenvalue weighted by Crippen LogP contribution is 2.40. The number of halogens is 2. The van der Waals surface area contributed by atoms with Gasteiger partial charge >= 0.3 is 0 Å². The summed E-state index contributed by atoms with van der Waals surface area (Å²) in [5.41, 5.74) is 8.47. The summed E-state index contributed by atoms with van der Waals surface area (Å²) in [5, 5.41) is 10.0. The highest BCUT2D eigenvalue weighted by molar-refractivity contribution is 6.32. The minimum absolute atomic E-state index is 0.0208. The number of carbonyl (C=O) groups is 1. The van der Waals surface area contributed by atoms with Gasteiger partial charge in [-0.25, -0.2) is 4.99 Å². The number of hydrogen-bond acceptors (Lipinski definition) is 5. The van der Waals surface area contributed by atoms with Crippen LogP contribution in [0.25, 0.3) is 0 Å². The predicted octanol–water partition coefficient (Wildman–Crippen LogP) is 4.40. The maximum absolute atomic E-state index is 13.1. The Balaban J connectivity index is 1.64. The fraction of sp³-hybridized carbons (Fsp3) is 0.375. The molecule has 1 amide bonds. The highest BCUT2D eigenvalue weighted by atomic mass is 35.5. The number of hydrogen-bond donors (Lipinski definition) is 1. The summed E-state index contributed by atoms with van der Waals surface area (Å²) < 4.78 is 5.41. The Bertz CT molecular complexity index is 1120. The van der Waals surface area contributed by atoms with Gasteiger partial charge in [0.05, 0.1) is 22.5 Å². The SMILES string of the molecule is C[C@@]1(c2cccc(Cc3ccc(C#N)c(Cl)c3)c2Cl)CC(=O)N(C2CCOCC2)C(N)=N1. The molecular weight excluding hydrogens is 447 g/mol. The quantitative estimate of drug-likeness (QED) is 0.716. The van der Waals surface area contributed by atoms with E-state index in [2.05, 4.69) is 6.07 Å². The fourth-order valence-corrected chi connectivity index (χ4v) is 5.10. The van der Waals surface area contributed by atoms with Crippen LogP contribution >= 0.6 is 23.2 Å². The molecule has 4 rings (SSSR count). The molecule has 2 aromatic rings. The topological polar surface area (TPSA) is 91.7 Å². The number of nitrogens with two attached hydrogens (primary N) is 1. The zero-order valence-corrected chi connectivity index (χ0v) is 19.3. The molecule has 0 unspecified atom stereocenters. The molecule has 0 bridgehead atoms. The molecule has 1 atom stereocenters. The van der Waals surface area contributed by atoms with Crippen molar-refractivity contribution in [3.63, 3.8) is 0 Å². The van der Waals surface area contributed by atoms with E-state index in [9.17, 15) is 4.79 Å². The number of nitriles is 1. The van der Waals surface area contributed by atoms with Crippen LogP contribution in [0.5, 0.6) is 0 Å². The summed E-state index contributed by atoms with van der Waals surface area (Å²) in [6, 6.07) is 13.2. The van der Waals surface area contributed by atoms with Crippen LogP contribution in [0.2, 0.25) is 10.0 Å². The number of aliphatic imine (C=N–C) groups is 1. The van der Waals surface area contributed by atoms with Crippen molar-refractivity contribution in [2.45, 2.75) is 44.2 Å². The maximum atomic E-state index is 13.1. The van der Waals surface area contributed by atoms with Crippen LogP contribution in [-0.4, -0.2) is 36.0 Å². The van der Waals surface area contributed by atoms with E-state index in [4.69, 9.17) is 43.9 Å². The van der Waals surface area contributed by atoms with Crippen LogP contribution in [0.4, 0.5) is 0 Å². The second kappa shape index (κ2) is 9.11. The lowest BCUT2D eigenvalue weighted by Gasteiger charge is -2.40. The molecule has 0 aromatic heterocycles. The van der Waals surface area contributed by atoms with Crippen molar-refractivity contribution >= 4 is 35.1 Å². The van der Waals surface area contributed by atoms with Crippen LogP contribution < -0.4 is 5.73 Å². The first kappa shape index (κ1) is 22.6. The number of rotatable bonds is 4. The summed E-state index contributed by atoms with van der Waals surface area (Å²) in [4.78, 5) is 19.5. The van der Waals surface area contributed by atoms with Gasteiger partial charge in [0.15, 0.2) is 5.96 Å². The number of amides is 1. The van der Waals surface area contributed by atoms with Gasteiger partial charge in [-0.3, -0.25) is 9.69 Å². The van der Waals surface area contributed by atoms with Crippen molar-refractivity contribution in [1.29, 1.82) is 5.26 Å². The Labute approximate surface area is 197 Å². The van der Waals surface area contributed by atoms with Gasteiger partial charge in [0.1, 0.15) is 6.07 Å². The van der Waals surface area contributed by atoms with Crippen LogP contribution in [-0.2, 0) is 21.5 Å². The third kappa shape index (κ3) is 4.33. The van der Waals surface area contributed by atoms with Crippen molar-refractivity contribution in [3.8, 4) is 6.07 Å². The number of guanidine groups is 1. The van der Waals surface area contributed by atoms with Crippen LogP contribution in [0, 0.1) is 11.3 Å². The van der Waals surface area contributed by atoms with Crippen LogP contribution in [0.1, 0.15) is 48.4 Å². The minimum atomic E-state index is -0.849. The van der Waals surface area contributed by atoms with Gasteiger partial charge in [0, 0.05) is 24.3 Å². The number of benzene rings is 2. The molecule has 2 aromatic carbocycles. The number of ether oxygens (including phenoxy) is 1. The van der Waals surface area contributed by atoms with Gasteiger partial charge in [-0.1, -0.05) is 47.5 Å². The zero-order chi connectivity index (χ0) is 22.9. The molecule has 2 heterocycles. The van der Waals surface area contributed by atoms with Crippen molar-refractivity contribution in [2.24, 2.45) is 10.7 Å². The van der Waals surface area contributed by atoms with E-state index in [1.54, 1.807) is 17.0 Å². The Kier molecular flexibility index (Phi) is 6.43. The van der Waals surface area contributed by atoms with E-state index in [0.717, 1.165) is 29.5 Å².